The number of nitrogens with one attached hydrogen (secondary N) is 1. The van der Waals surface area contributed by atoms with E-state index in [1.54, 1.807) is 6.07 Å². The van der Waals surface area contributed by atoms with Crippen molar-refractivity contribution in [2.45, 2.75) is 39.5 Å². The molecule has 1 nitrogen and oxygen atoms in total. The molecule has 0 radical (unpaired) electrons. The van der Waals surface area contributed by atoms with Gasteiger partial charge >= 0.3 is 0 Å². The van der Waals surface area contributed by atoms with Crippen molar-refractivity contribution in [1.82, 2.24) is 5.32 Å². The lowest BCUT2D eigenvalue weighted by Gasteiger charge is -2.41. The second-order valence-electron chi connectivity index (χ2n) is 6.97. The standard InChI is InChI=1S/C17H25BrFN/c1-17(2)5-4-13(11-20-3)14(10-17)6-12-7-15(18)9-16(19)8-12/h7-9,13-14,20H,4-6,10-11H2,1-3H3. The minimum atomic E-state index is -0.144. The van der Waals surface area contributed by atoms with E-state index in [1.807, 2.05) is 7.05 Å². The Morgan fingerprint density at radius 3 is 2.70 bits per heavy atom. The molecule has 1 aliphatic rings. The first-order valence-corrected chi connectivity index (χ1v) is 8.28. The highest BCUT2D eigenvalue weighted by atomic mass is 79.9. The summed E-state index contributed by atoms with van der Waals surface area (Å²) in [5.74, 6) is 1.20. The Bertz CT molecular complexity index is 438. The van der Waals surface area contributed by atoms with E-state index < -0.39 is 0 Å². The summed E-state index contributed by atoms with van der Waals surface area (Å²) in [6, 6.07) is 5.27. The fourth-order valence-electron chi connectivity index (χ4n) is 3.59. The monoisotopic (exact) mass is 341 g/mol. The largest absolute Gasteiger partial charge is 0.319 e. The van der Waals surface area contributed by atoms with Gasteiger partial charge in [-0.15, -0.1) is 0 Å². The zero-order valence-electron chi connectivity index (χ0n) is 12.7. The van der Waals surface area contributed by atoms with Gasteiger partial charge in [-0.25, -0.2) is 4.39 Å². The van der Waals surface area contributed by atoms with Crippen LogP contribution in [0.4, 0.5) is 4.39 Å². The molecule has 1 fully saturated rings. The van der Waals surface area contributed by atoms with E-state index in [0.717, 1.165) is 23.0 Å². The summed E-state index contributed by atoms with van der Waals surface area (Å²) in [4.78, 5) is 0. The van der Waals surface area contributed by atoms with Gasteiger partial charge in [0, 0.05) is 4.47 Å². The lowest BCUT2D eigenvalue weighted by atomic mass is 9.65. The summed E-state index contributed by atoms with van der Waals surface area (Å²) in [6.45, 7) is 5.78. The summed E-state index contributed by atoms with van der Waals surface area (Å²) in [5, 5.41) is 3.32. The zero-order valence-corrected chi connectivity index (χ0v) is 14.3. The van der Waals surface area contributed by atoms with E-state index in [9.17, 15) is 4.39 Å². The topological polar surface area (TPSA) is 12.0 Å². The Morgan fingerprint density at radius 2 is 2.05 bits per heavy atom. The van der Waals surface area contributed by atoms with Crippen LogP contribution < -0.4 is 5.32 Å². The fourth-order valence-corrected chi connectivity index (χ4v) is 4.10. The SMILES string of the molecule is CNCC1CCC(C)(C)CC1Cc1cc(F)cc(Br)c1. The number of benzene rings is 1. The molecule has 2 rings (SSSR count). The van der Waals surface area contributed by atoms with Crippen LogP contribution in [-0.2, 0) is 6.42 Å². The molecule has 112 valence electrons. The van der Waals surface area contributed by atoms with E-state index in [1.165, 1.54) is 25.3 Å². The molecule has 0 aromatic heterocycles. The maximum atomic E-state index is 13.5. The average Bonchev–Trinajstić information content (AvgIpc) is 2.31. The van der Waals surface area contributed by atoms with Crippen molar-refractivity contribution >= 4 is 15.9 Å². The molecule has 0 saturated heterocycles. The molecule has 0 heterocycles. The summed E-state index contributed by atoms with van der Waals surface area (Å²) in [5.41, 5.74) is 1.53. The summed E-state index contributed by atoms with van der Waals surface area (Å²) in [7, 11) is 2.02. The van der Waals surface area contributed by atoms with Crippen molar-refractivity contribution in [2.24, 2.45) is 17.3 Å². The van der Waals surface area contributed by atoms with E-state index in [2.05, 4.69) is 41.2 Å². The lowest BCUT2D eigenvalue weighted by Crippen LogP contribution is -2.36. The summed E-state index contributed by atoms with van der Waals surface area (Å²) < 4.78 is 14.4. The van der Waals surface area contributed by atoms with Crippen LogP contribution in [0.15, 0.2) is 22.7 Å². The van der Waals surface area contributed by atoms with Gasteiger partial charge in [0.25, 0.3) is 0 Å². The van der Waals surface area contributed by atoms with Gasteiger partial charge in [0.2, 0.25) is 0 Å². The highest BCUT2D eigenvalue weighted by Gasteiger charge is 2.34. The van der Waals surface area contributed by atoms with Gasteiger partial charge in [0.1, 0.15) is 5.82 Å². The Hall–Kier alpha value is -0.410. The van der Waals surface area contributed by atoms with E-state index in [-0.39, 0.29) is 5.82 Å². The molecule has 1 aromatic carbocycles. The molecule has 2 atom stereocenters. The Kier molecular flexibility index (Phi) is 5.25. The number of halogens is 2. The molecule has 1 saturated carbocycles. The van der Waals surface area contributed by atoms with Crippen molar-refractivity contribution in [3.8, 4) is 0 Å². The van der Waals surface area contributed by atoms with Crippen LogP contribution in [0.3, 0.4) is 0 Å². The molecular weight excluding hydrogens is 317 g/mol. The summed E-state index contributed by atoms with van der Waals surface area (Å²) in [6.07, 6.45) is 4.78. The second kappa shape index (κ2) is 6.57. The van der Waals surface area contributed by atoms with Crippen LogP contribution in [0.25, 0.3) is 0 Å². The molecule has 2 unspecified atom stereocenters. The molecule has 0 aliphatic heterocycles. The number of hydrogen-bond acceptors (Lipinski definition) is 1. The first-order valence-electron chi connectivity index (χ1n) is 7.49. The van der Waals surface area contributed by atoms with Gasteiger partial charge in [0.15, 0.2) is 0 Å². The maximum Gasteiger partial charge on any atom is 0.124 e. The fraction of sp³-hybridized carbons (Fsp3) is 0.647. The summed E-state index contributed by atoms with van der Waals surface area (Å²) >= 11 is 3.39. The average molecular weight is 342 g/mol. The van der Waals surface area contributed by atoms with Crippen molar-refractivity contribution in [1.29, 1.82) is 0 Å². The van der Waals surface area contributed by atoms with Crippen molar-refractivity contribution in [3.63, 3.8) is 0 Å². The second-order valence-corrected chi connectivity index (χ2v) is 7.88. The highest BCUT2D eigenvalue weighted by molar-refractivity contribution is 9.10. The van der Waals surface area contributed by atoms with E-state index >= 15 is 0 Å². The quantitative estimate of drug-likeness (QED) is 0.829. The molecular formula is C17H25BrFN. The zero-order chi connectivity index (χ0) is 14.8. The van der Waals surface area contributed by atoms with Crippen LogP contribution in [0.1, 0.15) is 38.7 Å². The van der Waals surface area contributed by atoms with Gasteiger partial charge in [-0.3, -0.25) is 0 Å². The Labute approximate surface area is 130 Å². The lowest BCUT2D eigenvalue weighted by molar-refractivity contribution is 0.117. The first kappa shape index (κ1) is 16.0. The first-order chi connectivity index (χ1) is 9.39. The normalized spacial score (nSPS) is 25.6. The van der Waals surface area contributed by atoms with Gasteiger partial charge in [-0.2, -0.15) is 0 Å². The minimum absolute atomic E-state index is 0.144. The Morgan fingerprint density at radius 1 is 1.30 bits per heavy atom. The van der Waals surface area contributed by atoms with Gasteiger partial charge in [0.05, 0.1) is 0 Å². The molecule has 1 N–H and O–H groups in total. The van der Waals surface area contributed by atoms with Crippen molar-refractivity contribution in [2.75, 3.05) is 13.6 Å². The van der Waals surface area contributed by atoms with Gasteiger partial charge in [-0.05, 0) is 80.3 Å². The van der Waals surface area contributed by atoms with Crippen molar-refractivity contribution in [3.05, 3.63) is 34.1 Å². The molecule has 0 spiro atoms. The van der Waals surface area contributed by atoms with Crippen LogP contribution in [0.5, 0.6) is 0 Å². The third-order valence-corrected chi connectivity index (χ3v) is 5.02. The molecule has 1 aromatic rings. The van der Waals surface area contributed by atoms with E-state index in [4.69, 9.17) is 0 Å². The number of hydrogen-bond donors (Lipinski definition) is 1. The Balaban J connectivity index is 2.13. The molecule has 3 heteroatoms. The molecule has 0 bridgehead atoms. The maximum absolute atomic E-state index is 13.5. The van der Waals surface area contributed by atoms with Crippen LogP contribution in [0, 0.1) is 23.1 Å². The molecule has 1 aliphatic carbocycles. The highest BCUT2D eigenvalue weighted by Crippen LogP contribution is 2.43. The smallest absolute Gasteiger partial charge is 0.124 e. The predicted molar refractivity (Wildman–Crippen MR) is 86.3 cm³/mol. The van der Waals surface area contributed by atoms with E-state index in [0.29, 0.717) is 17.3 Å². The third-order valence-electron chi connectivity index (χ3n) is 4.56. The van der Waals surface area contributed by atoms with Crippen molar-refractivity contribution < 1.29 is 4.39 Å². The molecule has 0 amide bonds. The van der Waals surface area contributed by atoms with Crippen LogP contribution in [-0.4, -0.2) is 13.6 Å². The number of rotatable bonds is 4. The van der Waals surface area contributed by atoms with Gasteiger partial charge < -0.3 is 5.32 Å². The van der Waals surface area contributed by atoms with Gasteiger partial charge in [-0.1, -0.05) is 29.8 Å². The molecule has 20 heavy (non-hydrogen) atoms. The predicted octanol–water partition coefficient (Wildman–Crippen LogP) is 4.79. The van der Waals surface area contributed by atoms with Crippen LogP contribution in [0.2, 0.25) is 0 Å². The van der Waals surface area contributed by atoms with Crippen LogP contribution >= 0.6 is 15.9 Å². The minimum Gasteiger partial charge on any atom is -0.319 e. The third kappa shape index (κ3) is 4.29.